The van der Waals surface area contributed by atoms with Crippen LogP contribution in [0.15, 0.2) is 23.8 Å². The Hall–Kier alpha value is -1.05. The minimum Gasteiger partial charge on any atom is -0.478 e. The Balaban J connectivity index is 2.00. The van der Waals surface area contributed by atoms with Gasteiger partial charge in [0.2, 0.25) is 0 Å². The molecule has 0 bridgehead atoms. The zero-order valence-corrected chi connectivity index (χ0v) is 6.86. The number of hydrogen-bond donors (Lipinski definition) is 1. The third-order valence-electron chi connectivity index (χ3n) is 2.61. The van der Waals surface area contributed by atoms with Crippen LogP contribution in [0.1, 0.15) is 19.3 Å². The molecule has 0 aromatic rings. The van der Waals surface area contributed by atoms with E-state index in [9.17, 15) is 4.79 Å². The average molecular weight is 164 g/mol. The number of carboxylic acid groups (broad SMARTS) is 1. The van der Waals surface area contributed by atoms with E-state index in [1.54, 1.807) is 6.08 Å². The maximum Gasteiger partial charge on any atom is 0.335 e. The normalized spacial score (nSPS) is 28.3. The Morgan fingerprint density at radius 2 is 2.25 bits per heavy atom. The highest BCUT2D eigenvalue weighted by molar-refractivity contribution is 5.90. The molecule has 2 aliphatic carbocycles. The molecule has 2 heteroatoms. The number of hydrogen-bond acceptors (Lipinski definition) is 1. The minimum absolute atomic E-state index is 0.451. The van der Waals surface area contributed by atoms with E-state index in [1.807, 2.05) is 6.08 Å². The molecule has 0 saturated heterocycles. The van der Waals surface area contributed by atoms with Crippen molar-refractivity contribution in [3.8, 4) is 0 Å². The van der Waals surface area contributed by atoms with Crippen molar-refractivity contribution in [2.24, 2.45) is 11.8 Å². The summed E-state index contributed by atoms with van der Waals surface area (Å²) >= 11 is 0. The van der Waals surface area contributed by atoms with Crippen LogP contribution in [0, 0.1) is 11.8 Å². The molecule has 2 rings (SSSR count). The van der Waals surface area contributed by atoms with Gasteiger partial charge in [-0.3, -0.25) is 0 Å². The standard InChI is InChI=1S/C10H12O2/c11-10(12)9-5-3-8(4-6-9)7-1-2-7/h3,5-8H,1-2,4H2,(H,11,12). The summed E-state index contributed by atoms with van der Waals surface area (Å²) in [5.74, 6) is 0.654. The molecule has 1 unspecified atom stereocenters. The molecule has 1 N–H and O–H groups in total. The first-order valence-corrected chi connectivity index (χ1v) is 4.39. The maximum atomic E-state index is 10.5. The van der Waals surface area contributed by atoms with Crippen molar-refractivity contribution in [1.82, 2.24) is 0 Å². The van der Waals surface area contributed by atoms with Gasteiger partial charge in [0.1, 0.15) is 0 Å². The zero-order valence-electron chi connectivity index (χ0n) is 6.86. The minimum atomic E-state index is -0.805. The summed E-state index contributed by atoms with van der Waals surface area (Å²) in [4.78, 5) is 10.5. The number of allylic oxidation sites excluding steroid dienone is 2. The van der Waals surface area contributed by atoms with Crippen molar-refractivity contribution < 1.29 is 9.90 Å². The summed E-state index contributed by atoms with van der Waals surface area (Å²) in [5, 5.41) is 8.66. The molecule has 12 heavy (non-hydrogen) atoms. The quantitative estimate of drug-likeness (QED) is 0.677. The van der Waals surface area contributed by atoms with Gasteiger partial charge in [-0.25, -0.2) is 4.79 Å². The third kappa shape index (κ3) is 1.42. The number of aliphatic carboxylic acids is 1. The summed E-state index contributed by atoms with van der Waals surface area (Å²) in [7, 11) is 0. The van der Waals surface area contributed by atoms with E-state index in [2.05, 4.69) is 6.08 Å². The van der Waals surface area contributed by atoms with E-state index in [-0.39, 0.29) is 0 Å². The van der Waals surface area contributed by atoms with Gasteiger partial charge in [0.25, 0.3) is 0 Å². The lowest BCUT2D eigenvalue weighted by atomic mass is 9.93. The Morgan fingerprint density at radius 3 is 2.67 bits per heavy atom. The lowest BCUT2D eigenvalue weighted by Gasteiger charge is -2.12. The predicted molar refractivity (Wildman–Crippen MR) is 45.7 cm³/mol. The Kier molecular flexibility index (Phi) is 1.75. The van der Waals surface area contributed by atoms with Crippen molar-refractivity contribution >= 4 is 5.97 Å². The van der Waals surface area contributed by atoms with Gasteiger partial charge >= 0.3 is 5.97 Å². The van der Waals surface area contributed by atoms with Gasteiger partial charge in [-0.15, -0.1) is 0 Å². The molecule has 0 aliphatic heterocycles. The highest BCUT2D eigenvalue weighted by Crippen LogP contribution is 2.40. The highest BCUT2D eigenvalue weighted by atomic mass is 16.4. The van der Waals surface area contributed by atoms with E-state index in [0.29, 0.717) is 11.5 Å². The van der Waals surface area contributed by atoms with E-state index < -0.39 is 5.97 Å². The van der Waals surface area contributed by atoms with Crippen LogP contribution in [0.25, 0.3) is 0 Å². The second-order valence-corrected chi connectivity index (χ2v) is 3.56. The molecule has 0 aromatic heterocycles. The molecular weight excluding hydrogens is 152 g/mol. The van der Waals surface area contributed by atoms with Crippen molar-refractivity contribution in [3.63, 3.8) is 0 Å². The van der Waals surface area contributed by atoms with E-state index in [0.717, 1.165) is 12.3 Å². The lowest BCUT2D eigenvalue weighted by Crippen LogP contribution is -2.06. The first-order chi connectivity index (χ1) is 5.77. The summed E-state index contributed by atoms with van der Waals surface area (Å²) < 4.78 is 0. The molecule has 0 radical (unpaired) electrons. The number of carbonyl (C=O) groups is 1. The largest absolute Gasteiger partial charge is 0.478 e. The van der Waals surface area contributed by atoms with E-state index >= 15 is 0 Å². The summed E-state index contributed by atoms with van der Waals surface area (Å²) in [5.41, 5.74) is 0.451. The van der Waals surface area contributed by atoms with Crippen LogP contribution in [-0.2, 0) is 4.79 Å². The van der Waals surface area contributed by atoms with Crippen LogP contribution in [-0.4, -0.2) is 11.1 Å². The molecule has 0 aromatic carbocycles. The molecule has 1 fully saturated rings. The summed E-state index contributed by atoms with van der Waals surface area (Å²) in [6.45, 7) is 0. The Bertz CT molecular complexity index is 259. The van der Waals surface area contributed by atoms with E-state index in [4.69, 9.17) is 5.11 Å². The first-order valence-electron chi connectivity index (χ1n) is 4.39. The van der Waals surface area contributed by atoms with Gasteiger partial charge in [0.05, 0.1) is 5.57 Å². The monoisotopic (exact) mass is 164 g/mol. The van der Waals surface area contributed by atoms with Crippen LogP contribution in [0.3, 0.4) is 0 Å². The highest BCUT2D eigenvalue weighted by Gasteiger charge is 2.30. The molecule has 2 nitrogen and oxygen atoms in total. The summed E-state index contributed by atoms with van der Waals surface area (Å²) in [6.07, 6.45) is 9.21. The van der Waals surface area contributed by atoms with Gasteiger partial charge in [0.15, 0.2) is 0 Å². The van der Waals surface area contributed by atoms with E-state index in [1.165, 1.54) is 12.8 Å². The Labute approximate surface area is 71.6 Å². The lowest BCUT2D eigenvalue weighted by molar-refractivity contribution is -0.132. The van der Waals surface area contributed by atoms with Gasteiger partial charge in [-0.05, 0) is 31.1 Å². The predicted octanol–water partition coefficient (Wildman–Crippen LogP) is 1.98. The molecule has 2 aliphatic rings. The SMILES string of the molecule is O=C(O)C1=CCC(C2CC2)C=C1. The second-order valence-electron chi connectivity index (χ2n) is 3.56. The molecule has 0 heterocycles. The number of rotatable bonds is 2. The second kappa shape index (κ2) is 2.77. The fraction of sp³-hybridized carbons (Fsp3) is 0.500. The van der Waals surface area contributed by atoms with Crippen LogP contribution in [0.5, 0.6) is 0 Å². The van der Waals surface area contributed by atoms with Crippen LogP contribution >= 0.6 is 0 Å². The van der Waals surface area contributed by atoms with Gasteiger partial charge in [-0.2, -0.15) is 0 Å². The fourth-order valence-electron chi connectivity index (χ4n) is 1.67. The summed E-state index contributed by atoms with van der Waals surface area (Å²) in [6, 6.07) is 0. The molecule has 0 amide bonds. The molecule has 1 atom stereocenters. The van der Waals surface area contributed by atoms with Gasteiger partial charge < -0.3 is 5.11 Å². The topological polar surface area (TPSA) is 37.3 Å². The number of carboxylic acids is 1. The van der Waals surface area contributed by atoms with Crippen molar-refractivity contribution in [3.05, 3.63) is 23.8 Å². The molecular formula is C10H12O2. The van der Waals surface area contributed by atoms with Crippen molar-refractivity contribution in [2.45, 2.75) is 19.3 Å². The first kappa shape index (κ1) is 7.59. The third-order valence-corrected chi connectivity index (χ3v) is 2.61. The maximum absolute atomic E-state index is 10.5. The molecule has 1 saturated carbocycles. The molecule has 64 valence electrons. The fourth-order valence-corrected chi connectivity index (χ4v) is 1.67. The Morgan fingerprint density at radius 1 is 1.50 bits per heavy atom. The van der Waals surface area contributed by atoms with Crippen molar-refractivity contribution in [1.29, 1.82) is 0 Å². The zero-order chi connectivity index (χ0) is 8.55. The van der Waals surface area contributed by atoms with Crippen LogP contribution < -0.4 is 0 Å². The molecule has 0 spiro atoms. The smallest absolute Gasteiger partial charge is 0.335 e. The average Bonchev–Trinajstić information content (AvgIpc) is 2.87. The van der Waals surface area contributed by atoms with Gasteiger partial charge in [-0.1, -0.05) is 18.2 Å². The van der Waals surface area contributed by atoms with Crippen LogP contribution in [0.4, 0.5) is 0 Å². The van der Waals surface area contributed by atoms with Crippen molar-refractivity contribution in [2.75, 3.05) is 0 Å². The van der Waals surface area contributed by atoms with Crippen LogP contribution in [0.2, 0.25) is 0 Å². The van der Waals surface area contributed by atoms with Gasteiger partial charge in [0, 0.05) is 0 Å².